The molecular formula is C12H16N6O. The van der Waals surface area contributed by atoms with Gasteiger partial charge in [-0.25, -0.2) is 19.3 Å². The first kappa shape index (κ1) is 11.0. The highest BCUT2D eigenvalue weighted by molar-refractivity contribution is 5.54. The summed E-state index contributed by atoms with van der Waals surface area (Å²) >= 11 is 0. The molecule has 2 fully saturated rings. The topological polar surface area (TPSA) is 92.3 Å². The number of anilines is 1. The third-order valence-electron chi connectivity index (χ3n) is 4.24. The molecule has 0 aromatic carbocycles. The number of hydrogen-bond acceptors (Lipinski definition) is 5. The van der Waals surface area contributed by atoms with Crippen LogP contribution in [0.1, 0.15) is 18.7 Å². The smallest absolute Gasteiger partial charge is 0.349 e. The third-order valence-corrected chi connectivity index (χ3v) is 4.24. The third kappa shape index (κ3) is 1.51. The minimum Gasteiger partial charge on any atom is -0.353 e. The van der Waals surface area contributed by atoms with E-state index in [-0.39, 0.29) is 11.2 Å². The first-order chi connectivity index (χ1) is 9.07. The number of aryl methyl sites for hydroxylation is 1. The summed E-state index contributed by atoms with van der Waals surface area (Å²) < 4.78 is 1.47. The molecule has 1 saturated carbocycles. The van der Waals surface area contributed by atoms with Gasteiger partial charge < -0.3 is 10.6 Å². The number of fused-ring (bicyclic) bond motifs is 1. The summed E-state index contributed by atoms with van der Waals surface area (Å²) in [7, 11) is 0. The maximum atomic E-state index is 11.5. The van der Waals surface area contributed by atoms with Crippen LogP contribution in [-0.4, -0.2) is 38.2 Å². The molecular weight excluding hydrogens is 244 g/mol. The van der Waals surface area contributed by atoms with E-state index in [0.717, 1.165) is 18.9 Å². The second-order valence-corrected chi connectivity index (χ2v) is 5.75. The normalized spacial score (nSPS) is 21.7. The fourth-order valence-corrected chi connectivity index (χ4v) is 2.99. The van der Waals surface area contributed by atoms with Gasteiger partial charge >= 0.3 is 5.69 Å². The maximum absolute atomic E-state index is 11.5. The maximum Gasteiger partial charge on any atom is 0.349 e. The molecule has 0 bridgehead atoms. The summed E-state index contributed by atoms with van der Waals surface area (Å²) in [5.41, 5.74) is 6.67. The first-order valence-corrected chi connectivity index (χ1v) is 6.55. The number of H-pyrrole nitrogens is 1. The van der Waals surface area contributed by atoms with E-state index in [1.165, 1.54) is 17.2 Å². The second-order valence-electron chi connectivity index (χ2n) is 5.75. The van der Waals surface area contributed by atoms with E-state index >= 15 is 0 Å². The molecule has 4 rings (SSSR count). The molecule has 2 aromatic heterocycles. The van der Waals surface area contributed by atoms with Gasteiger partial charge in [-0.15, -0.1) is 0 Å². The van der Waals surface area contributed by atoms with Gasteiger partial charge in [-0.1, -0.05) is 0 Å². The molecule has 3 N–H and O–H groups in total. The molecule has 0 radical (unpaired) electrons. The van der Waals surface area contributed by atoms with Gasteiger partial charge in [0.05, 0.1) is 5.54 Å². The van der Waals surface area contributed by atoms with Crippen LogP contribution in [0.4, 0.5) is 5.82 Å². The van der Waals surface area contributed by atoms with Crippen LogP contribution in [0.25, 0.3) is 5.65 Å². The van der Waals surface area contributed by atoms with Crippen LogP contribution in [0.15, 0.2) is 10.9 Å². The SMILES string of the molecule is Cc1nc(N2CC(N)(C3CC3)C2)cc2n[nH]c(=O)n12. The molecule has 7 heteroatoms. The van der Waals surface area contributed by atoms with Crippen molar-refractivity contribution >= 4 is 11.5 Å². The van der Waals surface area contributed by atoms with Gasteiger partial charge in [0, 0.05) is 19.2 Å². The zero-order chi connectivity index (χ0) is 13.2. The molecule has 0 amide bonds. The van der Waals surface area contributed by atoms with Crippen LogP contribution in [0, 0.1) is 12.8 Å². The molecule has 1 saturated heterocycles. The molecule has 7 nitrogen and oxygen atoms in total. The number of nitrogens with zero attached hydrogens (tertiary/aromatic N) is 4. The van der Waals surface area contributed by atoms with Gasteiger partial charge in [0.2, 0.25) is 0 Å². The Morgan fingerprint density at radius 1 is 1.47 bits per heavy atom. The quantitative estimate of drug-likeness (QED) is 0.770. The first-order valence-electron chi connectivity index (χ1n) is 6.55. The molecule has 2 aromatic rings. The van der Waals surface area contributed by atoms with Crippen LogP contribution < -0.4 is 16.3 Å². The van der Waals surface area contributed by atoms with Crippen LogP contribution in [-0.2, 0) is 0 Å². The molecule has 0 spiro atoms. The van der Waals surface area contributed by atoms with Gasteiger partial charge in [0.15, 0.2) is 5.65 Å². The van der Waals surface area contributed by atoms with Crippen molar-refractivity contribution < 1.29 is 0 Å². The van der Waals surface area contributed by atoms with Crippen molar-refractivity contribution in [2.45, 2.75) is 25.3 Å². The van der Waals surface area contributed by atoms with E-state index in [1.807, 2.05) is 13.0 Å². The lowest BCUT2D eigenvalue weighted by molar-refractivity contribution is 0.289. The average Bonchev–Trinajstić information content (AvgIpc) is 3.11. The van der Waals surface area contributed by atoms with E-state index in [2.05, 4.69) is 20.1 Å². The van der Waals surface area contributed by atoms with E-state index in [0.29, 0.717) is 17.4 Å². The van der Waals surface area contributed by atoms with E-state index < -0.39 is 0 Å². The lowest BCUT2D eigenvalue weighted by Gasteiger charge is -2.49. The summed E-state index contributed by atoms with van der Waals surface area (Å²) in [5.74, 6) is 2.18. The number of nitrogens with one attached hydrogen (secondary N) is 1. The van der Waals surface area contributed by atoms with Crippen LogP contribution in [0.2, 0.25) is 0 Å². The van der Waals surface area contributed by atoms with Gasteiger partial charge in [-0.3, -0.25) is 0 Å². The number of rotatable bonds is 2. The number of aromatic amines is 1. The Morgan fingerprint density at radius 3 is 2.89 bits per heavy atom. The highest BCUT2D eigenvalue weighted by atomic mass is 16.1. The molecule has 0 atom stereocenters. The van der Waals surface area contributed by atoms with Crippen molar-refractivity contribution in [1.29, 1.82) is 0 Å². The Morgan fingerprint density at radius 2 is 2.21 bits per heavy atom. The summed E-state index contributed by atoms with van der Waals surface area (Å²) in [6.45, 7) is 3.49. The lowest BCUT2D eigenvalue weighted by atomic mass is 9.86. The summed E-state index contributed by atoms with van der Waals surface area (Å²) in [5, 5.41) is 6.43. The van der Waals surface area contributed by atoms with Crippen molar-refractivity contribution in [1.82, 2.24) is 19.6 Å². The number of nitrogens with two attached hydrogens (primary N) is 1. The lowest BCUT2D eigenvalue weighted by Crippen LogP contribution is -2.69. The Bertz CT molecular complexity index is 707. The largest absolute Gasteiger partial charge is 0.353 e. The van der Waals surface area contributed by atoms with Crippen LogP contribution in [0.3, 0.4) is 0 Å². The molecule has 3 heterocycles. The molecule has 100 valence electrons. The Hall–Kier alpha value is -1.89. The fourth-order valence-electron chi connectivity index (χ4n) is 2.99. The molecule has 1 aliphatic heterocycles. The van der Waals surface area contributed by atoms with Gasteiger partial charge in [-0.05, 0) is 25.7 Å². The average molecular weight is 260 g/mol. The zero-order valence-corrected chi connectivity index (χ0v) is 10.8. The van der Waals surface area contributed by atoms with Crippen molar-refractivity contribution in [3.05, 3.63) is 22.4 Å². The van der Waals surface area contributed by atoms with Crippen molar-refractivity contribution in [3.63, 3.8) is 0 Å². The second kappa shape index (κ2) is 3.36. The Labute approximate surface area is 109 Å². The number of aromatic nitrogens is 4. The number of hydrogen-bond donors (Lipinski definition) is 2. The highest BCUT2D eigenvalue weighted by Gasteiger charge is 2.50. The Balaban J connectivity index is 1.67. The predicted molar refractivity (Wildman–Crippen MR) is 70.2 cm³/mol. The van der Waals surface area contributed by atoms with Gasteiger partial charge in [-0.2, -0.15) is 5.10 Å². The Kier molecular flexibility index (Phi) is 1.94. The zero-order valence-electron chi connectivity index (χ0n) is 10.8. The van der Waals surface area contributed by atoms with Crippen molar-refractivity contribution in [2.24, 2.45) is 11.7 Å². The van der Waals surface area contributed by atoms with Gasteiger partial charge in [0.1, 0.15) is 11.6 Å². The summed E-state index contributed by atoms with van der Waals surface area (Å²) in [6.07, 6.45) is 2.51. The van der Waals surface area contributed by atoms with Crippen LogP contribution in [0.5, 0.6) is 0 Å². The molecule has 19 heavy (non-hydrogen) atoms. The van der Waals surface area contributed by atoms with E-state index in [9.17, 15) is 4.79 Å². The summed E-state index contributed by atoms with van der Waals surface area (Å²) in [6, 6.07) is 1.83. The minimum atomic E-state index is -0.249. The fraction of sp³-hybridized carbons (Fsp3) is 0.583. The highest BCUT2D eigenvalue weighted by Crippen LogP contribution is 2.43. The van der Waals surface area contributed by atoms with E-state index in [4.69, 9.17) is 5.73 Å². The van der Waals surface area contributed by atoms with E-state index in [1.54, 1.807) is 0 Å². The molecule has 1 aliphatic carbocycles. The predicted octanol–water partition coefficient (Wildman–Crippen LogP) is -0.346. The minimum absolute atomic E-state index is 0.0348. The molecule has 0 unspecified atom stereocenters. The standard InChI is InChI=1S/C12H16N6O/c1-7-14-9(4-10-15-16-11(19)18(7)10)17-5-12(13,6-17)8-2-3-8/h4,8H,2-3,5-6,13H2,1H3,(H,16,19). The summed E-state index contributed by atoms with van der Waals surface area (Å²) in [4.78, 5) is 18.2. The van der Waals surface area contributed by atoms with Crippen molar-refractivity contribution in [2.75, 3.05) is 18.0 Å². The molecule has 2 aliphatic rings. The van der Waals surface area contributed by atoms with Crippen molar-refractivity contribution in [3.8, 4) is 0 Å². The monoisotopic (exact) mass is 260 g/mol. The van der Waals surface area contributed by atoms with Gasteiger partial charge in [0.25, 0.3) is 0 Å². The van der Waals surface area contributed by atoms with Crippen LogP contribution >= 0.6 is 0 Å².